The van der Waals surface area contributed by atoms with Crippen molar-refractivity contribution in [3.63, 3.8) is 0 Å². The van der Waals surface area contributed by atoms with Gasteiger partial charge in [-0.2, -0.15) is 0 Å². The number of aromatic nitrogens is 2. The Kier molecular flexibility index (Phi) is 6.36. The first-order valence-electron chi connectivity index (χ1n) is 19.6. The molecule has 1 aromatic heterocycles. The van der Waals surface area contributed by atoms with E-state index in [2.05, 4.69) is 196 Å². The molecule has 0 saturated carbocycles. The second-order valence-electron chi connectivity index (χ2n) is 16.1. The molecule has 0 bridgehead atoms. The number of fused-ring (bicyclic) bond motifs is 14. The largest absolute Gasteiger partial charge is 0.228 e. The van der Waals surface area contributed by atoms with Crippen LogP contribution in [0.3, 0.4) is 0 Å². The zero-order valence-electron chi connectivity index (χ0n) is 31.2. The smallest absolute Gasteiger partial charge is 0.160 e. The topological polar surface area (TPSA) is 25.8 Å². The van der Waals surface area contributed by atoms with Gasteiger partial charge in [0.2, 0.25) is 0 Å². The zero-order valence-corrected chi connectivity index (χ0v) is 31.2. The van der Waals surface area contributed by atoms with Crippen molar-refractivity contribution in [3.8, 4) is 67.3 Å². The number of hydrogen-bond acceptors (Lipinski definition) is 2. The molecule has 0 N–H and O–H groups in total. The van der Waals surface area contributed by atoms with Crippen LogP contribution >= 0.6 is 0 Å². The molecule has 56 heavy (non-hydrogen) atoms. The molecular weight excluding hydrogens is 677 g/mol. The van der Waals surface area contributed by atoms with Crippen molar-refractivity contribution < 1.29 is 0 Å². The molecule has 0 amide bonds. The Morgan fingerprint density at radius 3 is 1.59 bits per heavy atom. The first-order chi connectivity index (χ1) is 27.5. The number of benzene rings is 8. The second kappa shape index (κ2) is 11.3. The molecule has 262 valence electrons. The predicted octanol–water partition coefficient (Wildman–Crippen LogP) is 13.3. The van der Waals surface area contributed by atoms with Crippen LogP contribution in [0, 0.1) is 0 Å². The molecule has 8 aromatic carbocycles. The van der Waals surface area contributed by atoms with Crippen molar-refractivity contribution in [1.29, 1.82) is 0 Å². The third-order valence-electron chi connectivity index (χ3n) is 12.9. The van der Waals surface area contributed by atoms with Gasteiger partial charge in [-0.1, -0.05) is 178 Å². The Balaban J connectivity index is 1.13. The van der Waals surface area contributed by atoms with E-state index in [1.165, 1.54) is 77.5 Å². The van der Waals surface area contributed by atoms with Crippen molar-refractivity contribution in [3.05, 3.63) is 215 Å². The minimum Gasteiger partial charge on any atom is -0.228 e. The monoisotopic (exact) mass is 712 g/mol. The van der Waals surface area contributed by atoms with E-state index in [4.69, 9.17) is 9.97 Å². The predicted molar refractivity (Wildman–Crippen MR) is 230 cm³/mol. The summed E-state index contributed by atoms with van der Waals surface area (Å²) >= 11 is 0. The zero-order chi connectivity index (χ0) is 37.2. The van der Waals surface area contributed by atoms with E-state index < -0.39 is 5.41 Å². The summed E-state index contributed by atoms with van der Waals surface area (Å²) < 4.78 is 0. The van der Waals surface area contributed by atoms with Gasteiger partial charge in [0.05, 0.1) is 16.8 Å². The molecule has 0 aliphatic heterocycles. The Morgan fingerprint density at radius 1 is 0.339 bits per heavy atom. The van der Waals surface area contributed by atoms with Gasteiger partial charge in [-0.15, -0.1) is 0 Å². The maximum atomic E-state index is 5.48. The SMILES string of the molecule is CC1(C)c2ccccc2-c2cc(-c3cc(-c4cccc5c4-c4ccccc4C54c5ccccc5-c5ccccc54)nc(-c4ccc5ccccc5c4)n3)ccc21. The maximum absolute atomic E-state index is 5.48. The molecule has 1 heterocycles. The molecule has 0 saturated heterocycles. The van der Waals surface area contributed by atoms with E-state index in [9.17, 15) is 0 Å². The maximum Gasteiger partial charge on any atom is 0.160 e. The molecule has 0 fully saturated rings. The molecule has 2 nitrogen and oxygen atoms in total. The van der Waals surface area contributed by atoms with E-state index in [0.717, 1.165) is 33.9 Å². The molecule has 0 atom stereocenters. The van der Waals surface area contributed by atoms with Gasteiger partial charge in [0.1, 0.15) is 0 Å². The summed E-state index contributed by atoms with van der Waals surface area (Å²) in [4.78, 5) is 10.9. The van der Waals surface area contributed by atoms with Crippen molar-refractivity contribution in [1.82, 2.24) is 9.97 Å². The van der Waals surface area contributed by atoms with Crippen LogP contribution in [0.4, 0.5) is 0 Å². The minimum absolute atomic E-state index is 0.0665. The van der Waals surface area contributed by atoms with Crippen LogP contribution in [0.15, 0.2) is 182 Å². The van der Waals surface area contributed by atoms with Gasteiger partial charge < -0.3 is 0 Å². The summed E-state index contributed by atoms with van der Waals surface area (Å²) in [5, 5.41) is 2.37. The lowest BCUT2D eigenvalue weighted by Crippen LogP contribution is -2.25. The van der Waals surface area contributed by atoms with Gasteiger partial charge in [0.25, 0.3) is 0 Å². The van der Waals surface area contributed by atoms with Gasteiger partial charge in [-0.3, -0.25) is 0 Å². The summed E-state index contributed by atoms with van der Waals surface area (Å²) in [6, 6.07) is 66.9. The van der Waals surface area contributed by atoms with Gasteiger partial charge in [-0.05, 0) is 95.7 Å². The van der Waals surface area contributed by atoms with Crippen molar-refractivity contribution in [2.45, 2.75) is 24.7 Å². The van der Waals surface area contributed by atoms with Crippen LogP contribution in [0.2, 0.25) is 0 Å². The fourth-order valence-corrected chi connectivity index (χ4v) is 10.4. The van der Waals surface area contributed by atoms with E-state index in [1.807, 2.05) is 0 Å². The lowest BCUT2D eigenvalue weighted by atomic mass is 9.70. The first-order valence-corrected chi connectivity index (χ1v) is 19.6. The van der Waals surface area contributed by atoms with Gasteiger partial charge >= 0.3 is 0 Å². The second-order valence-corrected chi connectivity index (χ2v) is 16.1. The Morgan fingerprint density at radius 2 is 0.857 bits per heavy atom. The van der Waals surface area contributed by atoms with E-state index in [1.54, 1.807) is 0 Å². The van der Waals surface area contributed by atoms with Crippen LogP contribution in [-0.4, -0.2) is 9.97 Å². The molecule has 9 aromatic rings. The number of rotatable bonds is 3. The molecule has 2 heteroatoms. The fraction of sp³-hybridized carbons (Fsp3) is 0.0741. The average molecular weight is 713 g/mol. The number of hydrogen-bond donors (Lipinski definition) is 0. The Hall–Kier alpha value is -6.90. The summed E-state index contributed by atoms with van der Waals surface area (Å²) in [7, 11) is 0. The van der Waals surface area contributed by atoms with Gasteiger partial charge in [0, 0.05) is 22.1 Å². The average Bonchev–Trinajstić information content (AvgIpc) is 3.82. The molecule has 1 spiro atoms. The molecule has 0 radical (unpaired) electrons. The summed E-state index contributed by atoms with van der Waals surface area (Å²) in [6.07, 6.45) is 0. The lowest BCUT2D eigenvalue weighted by molar-refractivity contribution is 0.660. The summed E-state index contributed by atoms with van der Waals surface area (Å²) in [5.74, 6) is 0.722. The quantitative estimate of drug-likeness (QED) is 0.182. The standard InChI is InChI=1S/C54H36N2/c1-53(2)43-21-9-5-18-39(43)42-31-35(28-29-44(42)53)49-32-50(56-52(55-49)36-27-26-33-14-3-4-15-34(33)30-36)41-20-13-25-48-51(41)40-19-8-12-24-47(40)54(48)45-22-10-6-16-37(45)38-17-7-11-23-46(38)54/h3-32H,1-2H3. The van der Waals surface area contributed by atoms with Crippen molar-refractivity contribution >= 4 is 10.8 Å². The Labute approximate surface area is 326 Å². The normalized spacial score (nSPS) is 14.5. The molecule has 3 aliphatic carbocycles. The third-order valence-corrected chi connectivity index (χ3v) is 12.9. The van der Waals surface area contributed by atoms with Crippen molar-refractivity contribution in [2.24, 2.45) is 0 Å². The van der Waals surface area contributed by atoms with E-state index >= 15 is 0 Å². The highest BCUT2D eigenvalue weighted by Gasteiger charge is 2.52. The van der Waals surface area contributed by atoms with Crippen LogP contribution in [0.1, 0.15) is 47.2 Å². The molecule has 0 unspecified atom stereocenters. The van der Waals surface area contributed by atoms with Crippen molar-refractivity contribution in [2.75, 3.05) is 0 Å². The lowest BCUT2D eigenvalue weighted by Gasteiger charge is -2.30. The van der Waals surface area contributed by atoms with Crippen LogP contribution in [-0.2, 0) is 10.8 Å². The Bertz CT molecular complexity index is 3080. The fourth-order valence-electron chi connectivity index (χ4n) is 10.4. The first kappa shape index (κ1) is 31.5. The van der Waals surface area contributed by atoms with Gasteiger partial charge in [0.15, 0.2) is 5.82 Å². The highest BCUT2D eigenvalue weighted by Crippen LogP contribution is 2.64. The van der Waals surface area contributed by atoms with Gasteiger partial charge in [-0.25, -0.2) is 9.97 Å². The molecule has 3 aliphatic rings. The molecular formula is C54H36N2. The van der Waals surface area contributed by atoms with Crippen LogP contribution in [0.25, 0.3) is 78.1 Å². The third kappa shape index (κ3) is 4.11. The highest BCUT2D eigenvalue weighted by molar-refractivity contribution is 6.00. The molecule has 12 rings (SSSR count). The summed E-state index contributed by atoms with van der Waals surface area (Å²) in [6.45, 7) is 4.67. The van der Waals surface area contributed by atoms with E-state index in [0.29, 0.717) is 0 Å². The summed E-state index contributed by atoms with van der Waals surface area (Å²) in [5.41, 5.74) is 20.3. The minimum atomic E-state index is -0.424. The number of nitrogens with zero attached hydrogens (tertiary/aromatic N) is 2. The van der Waals surface area contributed by atoms with E-state index in [-0.39, 0.29) is 5.41 Å². The van der Waals surface area contributed by atoms with Crippen LogP contribution < -0.4 is 0 Å². The van der Waals surface area contributed by atoms with Crippen LogP contribution in [0.5, 0.6) is 0 Å². The highest BCUT2D eigenvalue weighted by atomic mass is 14.9.